The average Bonchev–Trinajstić information content (AvgIpc) is 2.21. The second-order valence-electron chi connectivity index (χ2n) is 3.76. The zero-order chi connectivity index (χ0) is 14.5. The molecule has 3 unspecified atom stereocenters. The Balaban J connectivity index is 5.39. The van der Waals surface area contributed by atoms with Gasteiger partial charge in [-0.25, -0.2) is 0 Å². The SMILES string of the molecule is C[SiH2]C(C(=O)O)C(C(=O)O)C(CC(=O)O)C(=O)O. The Morgan fingerprint density at radius 3 is 1.67 bits per heavy atom. The molecule has 0 saturated heterocycles. The summed E-state index contributed by atoms with van der Waals surface area (Å²) in [6, 6.07) is 0. The highest BCUT2D eigenvalue weighted by molar-refractivity contribution is 6.42. The van der Waals surface area contributed by atoms with Crippen LogP contribution in [0.4, 0.5) is 0 Å². The van der Waals surface area contributed by atoms with Crippen LogP contribution in [-0.2, 0) is 19.2 Å². The summed E-state index contributed by atoms with van der Waals surface area (Å²) in [4.78, 5) is 43.4. The van der Waals surface area contributed by atoms with Crippen molar-refractivity contribution < 1.29 is 39.6 Å². The van der Waals surface area contributed by atoms with Crippen LogP contribution in [0.15, 0.2) is 0 Å². The monoisotopic (exact) mass is 278 g/mol. The fourth-order valence-corrected chi connectivity index (χ4v) is 3.15. The van der Waals surface area contributed by atoms with E-state index in [4.69, 9.17) is 20.4 Å². The third kappa shape index (κ3) is 4.16. The first kappa shape index (κ1) is 16.1. The predicted molar refractivity (Wildman–Crippen MR) is 60.3 cm³/mol. The van der Waals surface area contributed by atoms with E-state index in [0.29, 0.717) is 0 Å². The molecular formula is C9H14O8Si. The third-order valence-electron chi connectivity index (χ3n) is 2.62. The lowest BCUT2D eigenvalue weighted by Crippen LogP contribution is -2.38. The van der Waals surface area contributed by atoms with Gasteiger partial charge in [0.2, 0.25) is 0 Å². The maximum Gasteiger partial charge on any atom is 0.307 e. The molecule has 0 heterocycles. The molecule has 9 heteroatoms. The highest BCUT2D eigenvalue weighted by Gasteiger charge is 2.43. The summed E-state index contributed by atoms with van der Waals surface area (Å²) >= 11 is 0. The van der Waals surface area contributed by atoms with Gasteiger partial charge in [-0.3, -0.25) is 19.2 Å². The highest BCUT2D eigenvalue weighted by Crippen LogP contribution is 2.29. The summed E-state index contributed by atoms with van der Waals surface area (Å²) in [5.41, 5.74) is -1.30. The standard InChI is InChI=1S/C9H14O8Si/c1-18-6(9(16)17)5(8(14)15)3(7(12)13)2-4(10)11/h3,5-6H,2,18H2,1H3,(H,10,11)(H,12,13)(H,14,15)(H,16,17). The Labute approximate surface area is 104 Å². The van der Waals surface area contributed by atoms with Crippen molar-refractivity contribution in [3.63, 3.8) is 0 Å². The molecule has 0 aromatic carbocycles. The van der Waals surface area contributed by atoms with Gasteiger partial charge in [0.05, 0.1) is 23.8 Å². The average molecular weight is 278 g/mol. The van der Waals surface area contributed by atoms with Crippen molar-refractivity contribution in [3.05, 3.63) is 0 Å². The van der Waals surface area contributed by atoms with Crippen molar-refractivity contribution in [1.82, 2.24) is 0 Å². The van der Waals surface area contributed by atoms with Crippen LogP contribution < -0.4 is 0 Å². The van der Waals surface area contributed by atoms with E-state index in [1.54, 1.807) is 0 Å². The minimum absolute atomic E-state index is 0.912. The molecule has 0 bridgehead atoms. The van der Waals surface area contributed by atoms with Crippen LogP contribution in [0, 0.1) is 11.8 Å². The fourth-order valence-electron chi connectivity index (χ4n) is 1.76. The first-order valence-corrected chi connectivity index (χ1v) is 7.35. The molecule has 18 heavy (non-hydrogen) atoms. The van der Waals surface area contributed by atoms with Gasteiger partial charge in [0.15, 0.2) is 0 Å². The highest BCUT2D eigenvalue weighted by atomic mass is 28.2. The van der Waals surface area contributed by atoms with Crippen molar-refractivity contribution in [2.24, 2.45) is 11.8 Å². The number of carbonyl (C=O) groups is 4. The van der Waals surface area contributed by atoms with Crippen LogP contribution in [0.2, 0.25) is 12.1 Å². The fraction of sp³-hybridized carbons (Fsp3) is 0.556. The Morgan fingerprint density at radius 2 is 1.44 bits per heavy atom. The minimum atomic E-state index is -1.74. The molecular weight excluding hydrogens is 264 g/mol. The Bertz CT molecular complexity index is 366. The van der Waals surface area contributed by atoms with Crippen LogP contribution in [0.3, 0.4) is 0 Å². The molecule has 0 amide bonds. The molecule has 0 spiro atoms. The lowest BCUT2D eigenvalue weighted by atomic mass is 9.86. The minimum Gasteiger partial charge on any atom is -0.481 e. The van der Waals surface area contributed by atoms with Crippen LogP contribution >= 0.6 is 0 Å². The van der Waals surface area contributed by atoms with Crippen LogP contribution in [-0.4, -0.2) is 53.8 Å². The van der Waals surface area contributed by atoms with Gasteiger partial charge in [0.1, 0.15) is 0 Å². The maximum absolute atomic E-state index is 11.0. The second-order valence-corrected chi connectivity index (χ2v) is 5.46. The Kier molecular flexibility index (Phi) is 6.03. The van der Waals surface area contributed by atoms with Crippen LogP contribution in [0.25, 0.3) is 0 Å². The molecule has 0 aliphatic heterocycles. The van der Waals surface area contributed by atoms with Crippen molar-refractivity contribution in [2.45, 2.75) is 18.5 Å². The summed E-state index contributed by atoms with van der Waals surface area (Å²) in [5.74, 6) is -9.53. The number of aliphatic carboxylic acids is 4. The first-order valence-electron chi connectivity index (χ1n) is 5.12. The molecule has 0 aliphatic carbocycles. The van der Waals surface area contributed by atoms with Crippen molar-refractivity contribution >= 4 is 33.4 Å². The maximum atomic E-state index is 11.0. The molecule has 0 rings (SSSR count). The van der Waals surface area contributed by atoms with E-state index >= 15 is 0 Å². The number of rotatable bonds is 8. The smallest absolute Gasteiger partial charge is 0.307 e. The first-order chi connectivity index (χ1) is 8.22. The lowest BCUT2D eigenvalue weighted by molar-refractivity contribution is -0.159. The largest absolute Gasteiger partial charge is 0.481 e. The van der Waals surface area contributed by atoms with Gasteiger partial charge in [-0.15, -0.1) is 0 Å². The number of carboxylic acid groups (broad SMARTS) is 4. The topological polar surface area (TPSA) is 149 Å². The molecule has 0 aromatic rings. The van der Waals surface area contributed by atoms with E-state index in [1.807, 2.05) is 0 Å². The molecule has 0 fully saturated rings. The van der Waals surface area contributed by atoms with E-state index < -0.39 is 57.2 Å². The molecule has 4 N–H and O–H groups in total. The van der Waals surface area contributed by atoms with Gasteiger partial charge in [0.25, 0.3) is 0 Å². The van der Waals surface area contributed by atoms with Crippen molar-refractivity contribution in [1.29, 1.82) is 0 Å². The Hall–Kier alpha value is -1.90. The van der Waals surface area contributed by atoms with E-state index in [0.717, 1.165) is 0 Å². The number of hydrogen-bond donors (Lipinski definition) is 4. The van der Waals surface area contributed by atoms with Gasteiger partial charge < -0.3 is 20.4 Å². The molecule has 3 atom stereocenters. The van der Waals surface area contributed by atoms with Gasteiger partial charge in [0, 0.05) is 9.52 Å². The van der Waals surface area contributed by atoms with Gasteiger partial charge in [-0.05, 0) is 0 Å². The zero-order valence-electron chi connectivity index (χ0n) is 9.57. The van der Waals surface area contributed by atoms with Crippen LogP contribution in [0.1, 0.15) is 6.42 Å². The lowest BCUT2D eigenvalue weighted by Gasteiger charge is -2.23. The molecule has 102 valence electrons. The van der Waals surface area contributed by atoms with Crippen molar-refractivity contribution in [2.75, 3.05) is 0 Å². The molecule has 0 radical (unpaired) electrons. The van der Waals surface area contributed by atoms with E-state index in [-0.39, 0.29) is 0 Å². The van der Waals surface area contributed by atoms with E-state index in [2.05, 4.69) is 0 Å². The summed E-state index contributed by atoms with van der Waals surface area (Å²) in [6.07, 6.45) is -0.912. The molecule has 0 aliphatic rings. The normalized spacial score (nSPS) is 16.1. The summed E-state index contributed by atoms with van der Waals surface area (Å²) in [6.45, 7) is 1.54. The third-order valence-corrected chi connectivity index (χ3v) is 4.36. The van der Waals surface area contributed by atoms with E-state index in [9.17, 15) is 19.2 Å². The van der Waals surface area contributed by atoms with Gasteiger partial charge in [-0.2, -0.15) is 0 Å². The zero-order valence-corrected chi connectivity index (χ0v) is 11.0. The molecule has 8 nitrogen and oxygen atoms in total. The summed E-state index contributed by atoms with van der Waals surface area (Å²) in [7, 11) is -1.36. The molecule has 0 aromatic heterocycles. The predicted octanol–water partition coefficient (Wildman–Crippen LogP) is -1.05. The summed E-state index contributed by atoms with van der Waals surface area (Å²) in [5, 5.41) is 35.3. The summed E-state index contributed by atoms with van der Waals surface area (Å²) < 4.78 is 0. The van der Waals surface area contributed by atoms with Gasteiger partial charge >= 0.3 is 23.9 Å². The quantitative estimate of drug-likeness (QED) is 0.411. The van der Waals surface area contributed by atoms with E-state index in [1.165, 1.54) is 6.55 Å². The van der Waals surface area contributed by atoms with Gasteiger partial charge in [-0.1, -0.05) is 6.55 Å². The Morgan fingerprint density at radius 1 is 0.944 bits per heavy atom. The molecule has 0 saturated carbocycles. The second kappa shape index (κ2) is 6.74. The van der Waals surface area contributed by atoms with Crippen molar-refractivity contribution in [3.8, 4) is 0 Å². The number of carboxylic acids is 4. The number of hydrogen-bond acceptors (Lipinski definition) is 4. The van der Waals surface area contributed by atoms with Crippen LogP contribution in [0.5, 0.6) is 0 Å².